The Labute approximate surface area is 122 Å². The van der Waals surface area contributed by atoms with Gasteiger partial charge in [-0.1, -0.05) is 11.6 Å². The lowest BCUT2D eigenvalue weighted by atomic mass is 10.0. The van der Waals surface area contributed by atoms with Crippen molar-refractivity contribution in [1.82, 2.24) is 10.2 Å². The van der Waals surface area contributed by atoms with Crippen molar-refractivity contribution < 1.29 is 9.72 Å². The van der Waals surface area contributed by atoms with Gasteiger partial charge in [0.1, 0.15) is 5.56 Å². The molecule has 0 bridgehead atoms. The van der Waals surface area contributed by atoms with Crippen LogP contribution < -0.4 is 5.32 Å². The van der Waals surface area contributed by atoms with Gasteiger partial charge in [-0.25, -0.2) is 0 Å². The molecule has 0 aromatic heterocycles. The van der Waals surface area contributed by atoms with Crippen LogP contribution in [0.5, 0.6) is 0 Å². The van der Waals surface area contributed by atoms with Gasteiger partial charge in [-0.05, 0) is 40.1 Å². The fourth-order valence-electron chi connectivity index (χ4n) is 1.40. The minimum absolute atomic E-state index is 0.0305. The van der Waals surface area contributed by atoms with E-state index in [1.165, 1.54) is 18.2 Å². The van der Waals surface area contributed by atoms with Crippen LogP contribution in [0, 0.1) is 10.1 Å². The van der Waals surface area contributed by atoms with E-state index < -0.39 is 10.8 Å². The number of likely N-dealkylation sites (N-methyl/N-ethyl adjacent to an activating group) is 1. The molecule has 0 aliphatic carbocycles. The van der Waals surface area contributed by atoms with Gasteiger partial charge in [0.25, 0.3) is 11.6 Å². The summed E-state index contributed by atoms with van der Waals surface area (Å²) in [7, 11) is 3.79. The molecule has 1 aromatic rings. The fraction of sp³-hybridized carbons (Fsp3) is 0.462. The number of hydrogen-bond donors (Lipinski definition) is 1. The van der Waals surface area contributed by atoms with Gasteiger partial charge in [-0.2, -0.15) is 0 Å². The van der Waals surface area contributed by atoms with E-state index in [0.717, 1.165) is 0 Å². The predicted molar refractivity (Wildman–Crippen MR) is 78.2 cm³/mol. The molecule has 0 saturated heterocycles. The number of nitro benzene ring substituents is 1. The molecule has 7 heteroatoms. The first-order chi connectivity index (χ1) is 9.15. The molecule has 20 heavy (non-hydrogen) atoms. The Morgan fingerprint density at radius 3 is 2.55 bits per heavy atom. The lowest BCUT2D eigenvalue weighted by Crippen LogP contribution is -2.48. The van der Waals surface area contributed by atoms with Crippen LogP contribution in [0.2, 0.25) is 5.02 Å². The van der Waals surface area contributed by atoms with Crippen molar-refractivity contribution in [3.63, 3.8) is 0 Å². The molecular weight excluding hydrogens is 282 g/mol. The van der Waals surface area contributed by atoms with Gasteiger partial charge >= 0.3 is 0 Å². The van der Waals surface area contributed by atoms with Crippen molar-refractivity contribution in [2.45, 2.75) is 19.4 Å². The van der Waals surface area contributed by atoms with Gasteiger partial charge in [0.05, 0.1) is 4.92 Å². The second-order valence-corrected chi connectivity index (χ2v) is 5.74. The van der Waals surface area contributed by atoms with E-state index in [-0.39, 0.29) is 21.8 Å². The zero-order valence-electron chi connectivity index (χ0n) is 11.9. The Morgan fingerprint density at radius 1 is 1.45 bits per heavy atom. The summed E-state index contributed by atoms with van der Waals surface area (Å²) in [6, 6.07) is 3.92. The number of nitro groups is 1. The van der Waals surface area contributed by atoms with E-state index in [1.54, 1.807) is 0 Å². The van der Waals surface area contributed by atoms with Crippen LogP contribution in [0.4, 0.5) is 5.69 Å². The van der Waals surface area contributed by atoms with Crippen LogP contribution in [0.15, 0.2) is 18.2 Å². The molecule has 0 unspecified atom stereocenters. The van der Waals surface area contributed by atoms with Crippen molar-refractivity contribution in [3.05, 3.63) is 38.9 Å². The quantitative estimate of drug-likeness (QED) is 0.669. The summed E-state index contributed by atoms with van der Waals surface area (Å²) in [5.74, 6) is -0.505. The van der Waals surface area contributed by atoms with Crippen LogP contribution >= 0.6 is 11.6 Å². The highest BCUT2D eigenvalue weighted by atomic mass is 35.5. The molecule has 0 heterocycles. The Kier molecular flexibility index (Phi) is 5.08. The molecule has 1 N–H and O–H groups in total. The largest absolute Gasteiger partial charge is 0.350 e. The zero-order chi connectivity index (χ0) is 15.5. The van der Waals surface area contributed by atoms with E-state index in [0.29, 0.717) is 6.54 Å². The summed E-state index contributed by atoms with van der Waals surface area (Å²) in [5.41, 5.74) is -0.546. The topological polar surface area (TPSA) is 75.5 Å². The maximum Gasteiger partial charge on any atom is 0.282 e. The molecule has 110 valence electrons. The number of carbonyl (C=O) groups excluding carboxylic acids is 1. The number of amides is 1. The van der Waals surface area contributed by atoms with E-state index in [2.05, 4.69) is 5.32 Å². The maximum atomic E-state index is 12.1. The van der Waals surface area contributed by atoms with Crippen LogP contribution in [0.1, 0.15) is 24.2 Å². The molecule has 0 spiro atoms. The van der Waals surface area contributed by atoms with Gasteiger partial charge < -0.3 is 10.2 Å². The monoisotopic (exact) mass is 299 g/mol. The number of rotatable bonds is 5. The number of hydrogen-bond acceptors (Lipinski definition) is 4. The fourth-order valence-corrected chi connectivity index (χ4v) is 1.57. The highest BCUT2D eigenvalue weighted by Gasteiger charge is 2.24. The molecule has 0 atom stereocenters. The first kappa shape index (κ1) is 16.4. The Bertz CT molecular complexity index is 530. The summed E-state index contributed by atoms with van der Waals surface area (Å²) in [4.78, 5) is 24.4. The summed E-state index contributed by atoms with van der Waals surface area (Å²) >= 11 is 5.80. The maximum absolute atomic E-state index is 12.1. The van der Waals surface area contributed by atoms with Crippen molar-refractivity contribution in [3.8, 4) is 0 Å². The van der Waals surface area contributed by atoms with Gasteiger partial charge in [0.15, 0.2) is 0 Å². The van der Waals surface area contributed by atoms with Crippen molar-refractivity contribution in [2.24, 2.45) is 0 Å². The Balaban J connectivity index is 2.93. The predicted octanol–water partition coefficient (Wildman–Crippen LogP) is 2.32. The van der Waals surface area contributed by atoms with Crippen molar-refractivity contribution in [2.75, 3.05) is 20.6 Å². The highest BCUT2D eigenvalue weighted by molar-refractivity contribution is 6.31. The third-order valence-electron chi connectivity index (χ3n) is 3.29. The Morgan fingerprint density at radius 2 is 2.05 bits per heavy atom. The SMILES string of the molecule is CN(C)C(C)(C)CNC(=O)c1cc(Cl)ccc1[N+](=O)[O-]. The molecular formula is C13H18ClN3O3. The normalized spacial score (nSPS) is 11.5. The molecule has 0 saturated carbocycles. The highest BCUT2D eigenvalue weighted by Crippen LogP contribution is 2.22. The summed E-state index contributed by atoms with van der Waals surface area (Å²) < 4.78 is 0. The number of nitrogens with one attached hydrogen (secondary N) is 1. The van der Waals surface area contributed by atoms with E-state index >= 15 is 0 Å². The molecule has 1 rings (SSSR count). The first-order valence-corrected chi connectivity index (χ1v) is 6.42. The number of halogens is 1. The second-order valence-electron chi connectivity index (χ2n) is 5.31. The molecule has 1 amide bonds. The number of benzene rings is 1. The Hall–Kier alpha value is -1.66. The van der Waals surface area contributed by atoms with Gasteiger partial charge in [0.2, 0.25) is 0 Å². The third-order valence-corrected chi connectivity index (χ3v) is 3.53. The molecule has 0 aliphatic heterocycles. The van der Waals surface area contributed by atoms with Crippen LogP contribution in [0.25, 0.3) is 0 Å². The van der Waals surface area contributed by atoms with Crippen LogP contribution in [-0.2, 0) is 0 Å². The molecule has 0 radical (unpaired) electrons. The van der Waals surface area contributed by atoms with E-state index in [1.807, 2.05) is 32.8 Å². The second kappa shape index (κ2) is 6.19. The van der Waals surface area contributed by atoms with E-state index in [4.69, 9.17) is 11.6 Å². The summed E-state index contributed by atoms with van der Waals surface area (Å²) in [6.45, 7) is 4.28. The van der Waals surface area contributed by atoms with Crippen LogP contribution in [-0.4, -0.2) is 41.9 Å². The van der Waals surface area contributed by atoms with Gasteiger partial charge in [-0.3, -0.25) is 14.9 Å². The molecule has 0 aliphatic rings. The first-order valence-electron chi connectivity index (χ1n) is 6.05. The van der Waals surface area contributed by atoms with Crippen LogP contribution in [0.3, 0.4) is 0 Å². The number of nitrogens with zero attached hydrogens (tertiary/aromatic N) is 2. The lowest BCUT2D eigenvalue weighted by Gasteiger charge is -2.32. The van der Waals surface area contributed by atoms with Crippen molar-refractivity contribution >= 4 is 23.2 Å². The van der Waals surface area contributed by atoms with Gasteiger partial charge in [0, 0.05) is 23.2 Å². The average molecular weight is 300 g/mol. The minimum Gasteiger partial charge on any atom is -0.350 e. The lowest BCUT2D eigenvalue weighted by molar-refractivity contribution is -0.385. The standard InChI is InChI=1S/C13H18ClN3O3/c1-13(2,16(3)4)8-15-12(18)10-7-9(14)5-6-11(10)17(19)20/h5-7H,8H2,1-4H3,(H,15,18). The zero-order valence-corrected chi connectivity index (χ0v) is 12.7. The van der Waals surface area contributed by atoms with Crippen molar-refractivity contribution in [1.29, 1.82) is 0 Å². The third kappa shape index (κ3) is 3.91. The molecule has 0 fully saturated rings. The smallest absolute Gasteiger partial charge is 0.282 e. The van der Waals surface area contributed by atoms with E-state index in [9.17, 15) is 14.9 Å². The summed E-state index contributed by atoms with van der Waals surface area (Å²) in [5, 5.41) is 13.9. The number of carbonyl (C=O) groups is 1. The molecule has 6 nitrogen and oxygen atoms in total. The molecule has 1 aromatic carbocycles. The minimum atomic E-state index is -0.595. The summed E-state index contributed by atoms with van der Waals surface area (Å²) in [6.07, 6.45) is 0. The van der Waals surface area contributed by atoms with Gasteiger partial charge in [-0.15, -0.1) is 0 Å². The average Bonchev–Trinajstić information content (AvgIpc) is 2.35.